The van der Waals surface area contributed by atoms with Crippen LogP contribution in [0.1, 0.15) is 17.0 Å². The summed E-state index contributed by atoms with van der Waals surface area (Å²) in [5.41, 5.74) is 1.32. The fraction of sp³-hybridized carbons (Fsp3) is 0. The van der Waals surface area contributed by atoms with Gasteiger partial charge in [-0.3, -0.25) is 4.79 Å². The van der Waals surface area contributed by atoms with Crippen LogP contribution in [-0.4, -0.2) is 14.6 Å². The third-order valence-corrected chi connectivity index (χ3v) is 5.43. The summed E-state index contributed by atoms with van der Waals surface area (Å²) in [5, 5.41) is 5.09. The lowest BCUT2D eigenvalue weighted by molar-refractivity contribution is 0.628. The molecule has 0 saturated heterocycles. The summed E-state index contributed by atoms with van der Waals surface area (Å²) in [6, 6.07) is 11.2. The molecule has 0 amide bonds. The van der Waals surface area contributed by atoms with Crippen LogP contribution in [0, 0.1) is 5.82 Å². The number of nitrogens with zero attached hydrogens (tertiary/aromatic N) is 3. The number of hydrogen-bond acceptors (Lipinski definition) is 4. The predicted octanol–water partition coefficient (Wildman–Crippen LogP) is 4.32. The highest BCUT2D eigenvalue weighted by Gasteiger charge is 2.09. The zero-order valence-corrected chi connectivity index (χ0v) is 15.9. The molecule has 0 N–H and O–H groups in total. The fourth-order valence-corrected chi connectivity index (χ4v) is 3.64. The summed E-state index contributed by atoms with van der Waals surface area (Å²) in [6.45, 7) is 0. The molecule has 0 bridgehead atoms. The van der Waals surface area contributed by atoms with E-state index in [2.05, 4.69) is 10.1 Å². The first-order valence-electron chi connectivity index (χ1n) is 7.79. The van der Waals surface area contributed by atoms with Crippen molar-refractivity contribution >= 4 is 57.7 Å². The van der Waals surface area contributed by atoms with E-state index in [-0.39, 0.29) is 11.4 Å². The van der Waals surface area contributed by atoms with Crippen molar-refractivity contribution in [1.29, 1.82) is 0 Å². The molecule has 134 valence electrons. The van der Waals surface area contributed by atoms with Crippen LogP contribution in [0.3, 0.4) is 0 Å². The summed E-state index contributed by atoms with van der Waals surface area (Å²) in [6.07, 6.45) is 5.15. The van der Waals surface area contributed by atoms with E-state index in [0.717, 1.165) is 11.1 Å². The molecule has 4 rings (SSSR count). The minimum atomic E-state index is -0.297. The average Bonchev–Trinajstić information content (AvgIpc) is 3.17. The Bertz CT molecular complexity index is 1280. The first-order valence-corrected chi connectivity index (χ1v) is 9.37. The van der Waals surface area contributed by atoms with Gasteiger partial charge in [-0.05, 0) is 47.5 Å². The van der Waals surface area contributed by atoms with Gasteiger partial charge in [-0.1, -0.05) is 58.8 Å². The average molecular weight is 418 g/mol. The van der Waals surface area contributed by atoms with Crippen molar-refractivity contribution in [1.82, 2.24) is 14.6 Å². The van der Waals surface area contributed by atoms with Gasteiger partial charge in [0.25, 0.3) is 5.56 Å². The highest BCUT2D eigenvalue weighted by molar-refractivity contribution is 7.15. The van der Waals surface area contributed by atoms with E-state index in [1.165, 1.54) is 28.0 Å². The standard InChI is InChI=1S/C19H10Cl2FN3OS/c20-14-7-3-12(9-15(14)21)10-16-18(26)25-19(27-16)23-17(24-25)8-4-11-1-5-13(22)6-2-11/h1-10H/b8-4+,16-10+. The Hall–Kier alpha value is -2.54. The van der Waals surface area contributed by atoms with E-state index in [0.29, 0.717) is 25.4 Å². The predicted molar refractivity (Wildman–Crippen MR) is 108 cm³/mol. The number of aromatic nitrogens is 3. The van der Waals surface area contributed by atoms with Gasteiger partial charge in [0, 0.05) is 0 Å². The van der Waals surface area contributed by atoms with Crippen molar-refractivity contribution in [3.05, 3.63) is 90.2 Å². The zero-order valence-electron chi connectivity index (χ0n) is 13.6. The maximum absolute atomic E-state index is 12.9. The molecule has 0 spiro atoms. The normalized spacial score (nSPS) is 12.5. The molecule has 0 aliphatic rings. The summed E-state index contributed by atoms with van der Waals surface area (Å²) in [4.78, 5) is 17.4. The summed E-state index contributed by atoms with van der Waals surface area (Å²) in [7, 11) is 0. The molecule has 2 aromatic carbocycles. The highest BCUT2D eigenvalue weighted by atomic mass is 35.5. The molecule has 2 aromatic heterocycles. The van der Waals surface area contributed by atoms with Gasteiger partial charge in [0.05, 0.1) is 14.6 Å². The van der Waals surface area contributed by atoms with Crippen molar-refractivity contribution in [3.8, 4) is 0 Å². The van der Waals surface area contributed by atoms with Crippen LogP contribution in [0.5, 0.6) is 0 Å². The van der Waals surface area contributed by atoms with Crippen LogP contribution >= 0.6 is 34.5 Å². The summed E-state index contributed by atoms with van der Waals surface area (Å²) in [5.74, 6) is 0.110. The topological polar surface area (TPSA) is 47.3 Å². The van der Waals surface area contributed by atoms with Gasteiger partial charge in [0.15, 0.2) is 5.82 Å². The number of fused-ring (bicyclic) bond motifs is 1. The molecule has 2 heterocycles. The first kappa shape index (κ1) is 17.9. The van der Waals surface area contributed by atoms with E-state index in [9.17, 15) is 9.18 Å². The lowest BCUT2D eigenvalue weighted by atomic mass is 10.2. The molecule has 0 atom stereocenters. The van der Waals surface area contributed by atoms with E-state index < -0.39 is 0 Å². The minimum Gasteiger partial charge on any atom is -0.266 e. The van der Waals surface area contributed by atoms with Crippen LogP contribution < -0.4 is 10.1 Å². The quantitative estimate of drug-likeness (QED) is 0.498. The van der Waals surface area contributed by atoms with Crippen molar-refractivity contribution in [3.63, 3.8) is 0 Å². The van der Waals surface area contributed by atoms with Gasteiger partial charge >= 0.3 is 0 Å². The Morgan fingerprint density at radius 1 is 1.00 bits per heavy atom. The Kier molecular flexibility index (Phi) is 4.78. The van der Waals surface area contributed by atoms with Crippen molar-refractivity contribution in [2.75, 3.05) is 0 Å². The fourth-order valence-electron chi connectivity index (χ4n) is 2.42. The van der Waals surface area contributed by atoms with Gasteiger partial charge in [-0.15, -0.1) is 5.10 Å². The molecule has 0 aliphatic heterocycles. The lowest BCUT2D eigenvalue weighted by Gasteiger charge is -1.96. The second-order valence-corrected chi connectivity index (χ2v) is 7.46. The third kappa shape index (κ3) is 3.78. The number of benzene rings is 2. The Labute approximate surface area is 166 Å². The number of rotatable bonds is 3. The Morgan fingerprint density at radius 3 is 2.44 bits per heavy atom. The first-order chi connectivity index (χ1) is 13.0. The molecule has 0 radical (unpaired) electrons. The number of hydrogen-bond donors (Lipinski definition) is 0. The van der Waals surface area contributed by atoms with Crippen LogP contribution in [0.15, 0.2) is 47.3 Å². The van der Waals surface area contributed by atoms with Gasteiger partial charge in [-0.2, -0.15) is 9.50 Å². The van der Waals surface area contributed by atoms with Crippen LogP contribution in [0.2, 0.25) is 10.0 Å². The molecular weight excluding hydrogens is 408 g/mol. The van der Waals surface area contributed by atoms with Gasteiger partial charge in [-0.25, -0.2) is 4.39 Å². The Balaban J connectivity index is 1.67. The van der Waals surface area contributed by atoms with Crippen molar-refractivity contribution < 1.29 is 4.39 Å². The maximum atomic E-state index is 12.9. The Morgan fingerprint density at radius 2 is 1.74 bits per heavy atom. The monoisotopic (exact) mass is 417 g/mol. The SMILES string of the molecule is O=c1/c(=C\c2ccc(Cl)c(Cl)c2)sc2nc(/C=C/c3ccc(F)cc3)nn12. The van der Waals surface area contributed by atoms with Crippen molar-refractivity contribution in [2.24, 2.45) is 0 Å². The summed E-state index contributed by atoms with van der Waals surface area (Å²) < 4.78 is 14.7. The molecule has 0 aliphatic carbocycles. The third-order valence-electron chi connectivity index (χ3n) is 3.73. The van der Waals surface area contributed by atoms with Crippen LogP contribution in [-0.2, 0) is 0 Å². The minimum absolute atomic E-state index is 0.255. The second-order valence-electron chi connectivity index (χ2n) is 5.64. The van der Waals surface area contributed by atoms with Crippen molar-refractivity contribution in [2.45, 2.75) is 0 Å². The van der Waals surface area contributed by atoms with E-state index in [1.54, 1.807) is 48.6 Å². The van der Waals surface area contributed by atoms with Crippen LogP contribution in [0.25, 0.3) is 23.2 Å². The number of halogens is 3. The molecule has 0 saturated carbocycles. The smallest absolute Gasteiger partial charge is 0.266 e. The van der Waals surface area contributed by atoms with Gasteiger partial charge < -0.3 is 0 Å². The number of thiazole rings is 1. The molecular formula is C19H10Cl2FN3OS. The molecule has 8 heteroatoms. The zero-order chi connectivity index (χ0) is 19.0. The van der Waals surface area contributed by atoms with Crippen LogP contribution in [0.4, 0.5) is 4.39 Å². The molecule has 4 aromatic rings. The molecule has 0 fully saturated rings. The molecule has 4 nitrogen and oxygen atoms in total. The highest BCUT2D eigenvalue weighted by Crippen LogP contribution is 2.22. The van der Waals surface area contributed by atoms with E-state index >= 15 is 0 Å². The molecule has 0 unspecified atom stereocenters. The largest absolute Gasteiger partial charge is 0.291 e. The van der Waals surface area contributed by atoms with Gasteiger partial charge in [0.1, 0.15) is 5.82 Å². The molecule has 27 heavy (non-hydrogen) atoms. The van der Waals surface area contributed by atoms with E-state index in [4.69, 9.17) is 23.2 Å². The van der Waals surface area contributed by atoms with E-state index in [1.807, 2.05) is 0 Å². The summed E-state index contributed by atoms with van der Waals surface area (Å²) >= 11 is 13.1. The maximum Gasteiger partial charge on any atom is 0.291 e. The second kappa shape index (κ2) is 7.23. The van der Waals surface area contributed by atoms with Gasteiger partial charge in [0.2, 0.25) is 4.96 Å². The lowest BCUT2D eigenvalue weighted by Crippen LogP contribution is -2.23.